The lowest BCUT2D eigenvalue weighted by Crippen LogP contribution is -2.40. The second kappa shape index (κ2) is 9.76. The molecule has 1 aromatic rings. The Morgan fingerprint density at radius 1 is 1.33 bits per heavy atom. The van der Waals surface area contributed by atoms with Crippen LogP contribution in [0.2, 0.25) is 0 Å². The summed E-state index contributed by atoms with van der Waals surface area (Å²) < 4.78 is 49.3. The van der Waals surface area contributed by atoms with Crippen LogP contribution in [0.15, 0.2) is 17.1 Å². The first-order valence-electron chi connectivity index (χ1n) is 10.5. The zero-order valence-electron chi connectivity index (χ0n) is 17.8. The number of nitrogens with zero attached hydrogens (tertiary/aromatic N) is 2. The van der Waals surface area contributed by atoms with Gasteiger partial charge in [0.25, 0.3) is 0 Å². The van der Waals surface area contributed by atoms with Gasteiger partial charge in [-0.1, -0.05) is 0 Å². The molecular formula is C21H31F3N4O2. The Balaban J connectivity index is 1.52. The molecule has 0 radical (unpaired) electrons. The zero-order chi connectivity index (χ0) is 21.7. The largest absolute Gasteiger partial charge is 0.494 e. The van der Waals surface area contributed by atoms with E-state index in [1.54, 1.807) is 7.05 Å². The van der Waals surface area contributed by atoms with E-state index >= 15 is 0 Å². The van der Waals surface area contributed by atoms with E-state index in [1.807, 2.05) is 26.0 Å². The third kappa shape index (κ3) is 6.17. The summed E-state index contributed by atoms with van der Waals surface area (Å²) in [6.07, 6.45) is -2.36. The van der Waals surface area contributed by atoms with Crippen LogP contribution < -0.4 is 20.1 Å². The third-order valence-corrected chi connectivity index (χ3v) is 5.38. The smallest absolute Gasteiger partial charge is 0.401 e. The van der Waals surface area contributed by atoms with Crippen molar-refractivity contribution in [2.45, 2.75) is 45.5 Å². The Morgan fingerprint density at radius 2 is 2.13 bits per heavy atom. The van der Waals surface area contributed by atoms with Gasteiger partial charge in [0.05, 0.1) is 13.2 Å². The van der Waals surface area contributed by atoms with Gasteiger partial charge in [0.2, 0.25) is 0 Å². The molecule has 3 rings (SSSR count). The van der Waals surface area contributed by atoms with Crippen molar-refractivity contribution in [2.75, 3.05) is 39.8 Å². The standard InChI is InChI=1S/C21H31F3N4O2/c1-4-29-18-8-16-7-14(2)30-19(16)9-17(18)11-27-20(25-3)26-10-15-5-6-28(12-15)13-21(22,23)24/h8-9,14-15H,4-7,10-13H2,1-3H3,(H2,25,26,27). The molecule has 6 nitrogen and oxygen atoms in total. The van der Waals surface area contributed by atoms with Gasteiger partial charge in [-0.05, 0) is 44.9 Å². The van der Waals surface area contributed by atoms with Crippen LogP contribution in [0.3, 0.4) is 0 Å². The number of hydrogen-bond donors (Lipinski definition) is 2. The molecule has 2 atom stereocenters. The average molecular weight is 428 g/mol. The number of halogens is 3. The molecule has 1 aromatic carbocycles. The van der Waals surface area contributed by atoms with E-state index in [0.29, 0.717) is 38.7 Å². The molecule has 2 heterocycles. The van der Waals surface area contributed by atoms with Crippen LogP contribution in [0, 0.1) is 5.92 Å². The van der Waals surface area contributed by atoms with E-state index < -0.39 is 12.7 Å². The highest BCUT2D eigenvalue weighted by Gasteiger charge is 2.34. The maximum Gasteiger partial charge on any atom is 0.401 e. The quantitative estimate of drug-likeness (QED) is 0.517. The van der Waals surface area contributed by atoms with Gasteiger partial charge in [-0.2, -0.15) is 13.2 Å². The molecule has 0 aromatic heterocycles. The average Bonchev–Trinajstić information content (AvgIpc) is 3.25. The minimum atomic E-state index is -4.14. The summed E-state index contributed by atoms with van der Waals surface area (Å²) in [6, 6.07) is 4.05. The van der Waals surface area contributed by atoms with Crippen molar-refractivity contribution in [3.63, 3.8) is 0 Å². The highest BCUT2D eigenvalue weighted by atomic mass is 19.4. The van der Waals surface area contributed by atoms with Gasteiger partial charge in [0.15, 0.2) is 5.96 Å². The first kappa shape index (κ1) is 22.5. The predicted octanol–water partition coefficient (Wildman–Crippen LogP) is 2.96. The van der Waals surface area contributed by atoms with Crippen LogP contribution in [-0.4, -0.2) is 63.0 Å². The predicted molar refractivity (Wildman–Crippen MR) is 110 cm³/mol. The van der Waals surface area contributed by atoms with Crippen LogP contribution in [0.5, 0.6) is 11.5 Å². The summed E-state index contributed by atoms with van der Waals surface area (Å²) in [6.45, 7) is 5.74. The zero-order valence-corrected chi connectivity index (χ0v) is 17.8. The van der Waals surface area contributed by atoms with Gasteiger partial charge < -0.3 is 20.1 Å². The van der Waals surface area contributed by atoms with Crippen LogP contribution in [0.4, 0.5) is 13.2 Å². The van der Waals surface area contributed by atoms with Gasteiger partial charge in [0.1, 0.15) is 17.6 Å². The minimum absolute atomic E-state index is 0.162. The highest BCUT2D eigenvalue weighted by molar-refractivity contribution is 5.79. The van der Waals surface area contributed by atoms with Crippen LogP contribution in [0.25, 0.3) is 0 Å². The molecule has 9 heteroatoms. The SMILES string of the molecule is CCOc1cc2c(cc1CNC(=NC)NCC1CCN(CC(F)(F)F)C1)OC(C)C2. The Morgan fingerprint density at radius 3 is 2.83 bits per heavy atom. The molecule has 2 aliphatic heterocycles. The summed E-state index contributed by atoms with van der Waals surface area (Å²) in [5, 5.41) is 6.50. The van der Waals surface area contributed by atoms with Crippen molar-refractivity contribution in [1.29, 1.82) is 0 Å². The number of benzene rings is 1. The molecule has 30 heavy (non-hydrogen) atoms. The Kier molecular flexibility index (Phi) is 7.33. The molecule has 2 N–H and O–H groups in total. The summed E-state index contributed by atoms with van der Waals surface area (Å²) in [4.78, 5) is 5.69. The van der Waals surface area contributed by atoms with Gasteiger partial charge in [-0.15, -0.1) is 0 Å². The van der Waals surface area contributed by atoms with Crippen LogP contribution in [0.1, 0.15) is 31.4 Å². The number of alkyl halides is 3. The normalized spacial score (nSPS) is 22.0. The maximum atomic E-state index is 12.6. The molecule has 0 bridgehead atoms. The Bertz CT molecular complexity index is 755. The fourth-order valence-electron chi connectivity index (χ4n) is 4.03. The number of hydrogen-bond acceptors (Lipinski definition) is 4. The lowest BCUT2D eigenvalue weighted by Gasteiger charge is -2.19. The molecular weight excluding hydrogens is 397 g/mol. The number of guanidine groups is 1. The maximum absolute atomic E-state index is 12.6. The first-order valence-corrected chi connectivity index (χ1v) is 10.5. The van der Waals surface area contributed by atoms with Crippen molar-refractivity contribution in [3.05, 3.63) is 23.3 Å². The van der Waals surface area contributed by atoms with E-state index in [2.05, 4.69) is 15.6 Å². The van der Waals surface area contributed by atoms with Crippen LogP contribution >= 0.6 is 0 Å². The summed E-state index contributed by atoms with van der Waals surface area (Å²) in [5.74, 6) is 2.50. The molecule has 168 valence electrons. The number of rotatable bonds is 7. The summed E-state index contributed by atoms with van der Waals surface area (Å²) in [7, 11) is 1.68. The van der Waals surface area contributed by atoms with Gasteiger partial charge in [-0.3, -0.25) is 9.89 Å². The van der Waals surface area contributed by atoms with Gasteiger partial charge in [0, 0.05) is 44.2 Å². The second-order valence-electron chi connectivity index (χ2n) is 7.94. The van der Waals surface area contributed by atoms with Crippen molar-refractivity contribution in [3.8, 4) is 11.5 Å². The second-order valence-corrected chi connectivity index (χ2v) is 7.94. The first-order chi connectivity index (χ1) is 14.3. The van der Waals surface area contributed by atoms with Gasteiger partial charge in [-0.25, -0.2) is 0 Å². The van der Waals surface area contributed by atoms with Crippen molar-refractivity contribution in [2.24, 2.45) is 10.9 Å². The molecule has 0 aliphatic carbocycles. The molecule has 1 saturated heterocycles. The lowest BCUT2D eigenvalue weighted by molar-refractivity contribution is -0.143. The monoisotopic (exact) mass is 428 g/mol. The molecule has 0 amide bonds. The number of ether oxygens (including phenoxy) is 2. The minimum Gasteiger partial charge on any atom is -0.494 e. The van der Waals surface area contributed by atoms with E-state index in [0.717, 1.165) is 35.5 Å². The number of aliphatic imine (C=N–C) groups is 1. The van der Waals surface area contributed by atoms with E-state index in [1.165, 1.54) is 4.90 Å². The van der Waals surface area contributed by atoms with Crippen molar-refractivity contribution in [1.82, 2.24) is 15.5 Å². The van der Waals surface area contributed by atoms with Crippen LogP contribution in [-0.2, 0) is 13.0 Å². The number of nitrogens with one attached hydrogen (secondary N) is 2. The molecule has 0 saturated carbocycles. The van der Waals surface area contributed by atoms with E-state index in [9.17, 15) is 13.2 Å². The molecule has 0 spiro atoms. The van der Waals surface area contributed by atoms with E-state index in [-0.39, 0.29) is 12.0 Å². The van der Waals surface area contributed by atoms with Crippen molar-refractivity contribution < 1.29 is 22.6 Å². The van der Waals surface area contributed by atoms with E-state index in [4.69, 9.17) is 9.47 Å². The Hall–Kier alpha value is -2.16. The number of fused-ring (bicyclic) bond motifs is 1. The fraction of sp³-hybridized carbons (Fsp3) is 0.667. The Labute approximate surface area is 175 Å². The summed E-state index contributed by atoms with van der Waals surface area (Å²) >= 11 is 0. The topological polar surface area (TPSA) is 58.1 Å². The molecule has 2 aliphatic rings. The van der Waals surface area contributed by atoms with Crippen molar-refractivity contribution >= 4 is 5.96 Å². The highest BCUT2D eigenvalue weighted by Crippen LogP contribution is 2.35. The van der Waals surface area contributed by atoms with Gasteiger partial charge >= 0.3 is 6.18 Å². The fourth-order valence-corrected chi connectivity index (χ4v) is 4.03. The molecule has 2 unspecified atom stereocenters. The summed E-state index contributed by atoms with van der Waals surface area (Å²) in [5.41, 5.74) is 2.13. The lowest BCUT2D eigenvalue weighted by atomic mass is 10.1. The third-order valence-electron chi connectivity index (χ3n) is 5.38. The number of likely N-dealkylation sites (tertiary alicyclic amines) is 1. The molecule has 1 fully saturated rings.